The first-order valence-electron chi connectivity index (χ1n) is 6.21. The van der Waals surface area contributed by atoms with Gasteiger partial charge in [0, 0.05) is 12.1 Å². The molecule has 21 heavy (non-hydrogen) atoms. The van der Waals surface area contributed by atoms with E-state index in [0.717, 1.165) is 11.6 Å². The molecule has 0 aromatic heterocycles. The number of nitrogens with zero attached hydrogens (tertiary/aromatic N) is 1. The molecular formula is C14H11FN2O4. The van der Waals surface area contributed by atoms with Gasteiger partial charge in [0.1, 0.15) is 5.69 Å². The minimum absolute atomic E-state index is 0.122. The van der Waals surface area contributed by atoms with E-state index in [1.807, 2.05) is 6.07 Å². The van der Waals surface area contributed by atoms with Crippen molar-refractivity contribution in [2.45, 2.75) is 6.54 Å². The van der Waals surface area contributed by atoms with Gasteiger partial charge in [-0.2, -0.15) is 4.39 Å². The Bertz CT molecular complexity index is 705. The maximum atomic E-state index is 13.5. The zero-order valence-corrected chi connectivity index (χ0v) is 10.8. The molecule has 1 aliphatic heterocycles. The van der Waals surface area contributed by atoms with E-state index in [1.165, 1.54) is 12.1 Å². The van der Waals surface area contributed by atoms with Crippen molar-refractivity contribution in [3.63, 3.8) is 0 Å². The number of hydrogen-bond acceptors (Lipinski definition) is 5. The van der Waals surface area contributed by atoms with E-state index < -0.39 is 16.4 Å². The van der Waals surface area contributed by atoms with Crippen molar-refractivity contribution in [1.82, 2.24) is 0 Å². The summed E-state index contributed by atoms with van der Waals surface area (Å²) in [6, 6.07) is 9.31. The Morgan fingerprint density at radius 1 is 1.24 bits per heavy atom. The normalized spacial score (nSPS) is 12.2. The van der Waals surface area contributed by atoms with Gasteiger partial charge in [0.05, 0.1) is 4.92 Å². The molecule has 2 aromatic carbocycles. The molecule has 6 nitrogen and oxygen atoms in total. The van der Waals surface area contributed by atoms with Crippen molar-refractivity contribution in [1.29, 1.82) is 0 Å². The van der Waals surface area contributed by atoms with Crippen LogP contribution in [0, 0.1) is 15.9 Å². The Hall–Kier alpha value is -2.83. The number of benzene rings is 2. The first-order valence-corrected chi connectivity index (χ1v) is 6.21. The number of nitro benzene ring substituents is 1. The lowest BCUT2D eigenvalue weighted by molar-refractivity contribution is -0.386. The fourth-order valence-electron chi connectivity index (χ4n) is 2.16. The Labute approximate surface area is 119 Å². The highest BCUT2D eigenvalue weighted by Crippen LogP contribution is 2.36. The van der Waals surface area contributed by atoms with Gasteiger partial charge in [0.2, 0.25) is 12.6 Å². The second-order valence-corrected chi connectivity index (χ2v) is 4.40. The van der Waals surface area contributed by atoms with Crippen LogP contribution in [0.3, 0.4) is 0 Å². The molecule has 0 atom stereocenters. The van der Waals surface area contributed by atoms with Crippen LogP contribution < -0.4 is 14.8 Å². The molecule has 0 aliphatic carbocycles. The summed E-state index contributed by atoms with van der Waals surface area (Å²) in [7, 11) is 0. The maximum Gasteiger partial charge on any atom is 0.327 e. The van der Waals surface area contributed by atoms with Crippen molar-refractivity contribution in [2.75, 3.05) is 12.1 Å². The predicted octanol–water partition coefficient (Wildman–Crippen LogP) is 3.07. The fraction of sp³-hybridized carbons (Fsp3) is 0.143. The van der Waals surface area contributed by atoms with E-state index in [-0.39, 0.29) is 19.0 Å². The van der Waals surface area contributed by atoms with Crippen LogP contribution in [0.5, 0.6) is 11.5 Å². The molecule has 1 heterocycles. The highest BCUT2D eigenvalue weighted by atomic mass is 19.1. The van der Waals surface area contributed by atoms with Gasteiger partial charge >= 0.3 is 5.69 Å². The molecule has 0 amide bonds. The van der Waals surface area contributed by atoms with E-state index in [2.05, 4.69) is 5.32 Å². The molecule has 1 N–H and O–H groups in total. The Morgan fingerprint density at radius 3 is 2.86 bits per heavy atom. The number of halogens is 1. The van der Waals surface area contributed by atoms with Crippen molar-refractivity contribution in [3.8, 4) is 11.5 Å². The third-order valence-electron chi connectivity index (χ3n) is 3.12. The maximum absolute atomic E-state index is 13.5. The van der Waals surface area contributed by atoms with E-state index in [9.17, 15) is 14.5 Å². The first kappa shape index (κ1) is 13.2. The summed E-state index contributed by atoms with van der Waals surface area (Å²) >= 11 is 0. The van der Waals surface area contributed by atoms with E-state index in [1.54, 1.807) is 12.1 Å². The number of rotatable bonds is 4. The summed E-state index contributed by atoms with van der Waals surface area (Å²) in [6.07, 6.45) is 0. The minimum atomic E-state index is -0.872. The second-order valence-electron chi connectivity index (χ2n) is 4.40. The lowest BCUT2D eigenvalue weighted by Crippen LogP contribution is -2.05. The van der Waals surface area contributed by atoms with Gasteiger partial charge in [-0.3, -0.25) is 10.1 Å². The summed E-state index contributed by atoms with van der Waals surface area (Å²) < 4.78 is 24.1. The van der Waals surface area contributed by atoms with Gasteiger partial charge in [-0.05, 0) is 18.2 Å². The van der Waals surface area contributed by atoms with Crippen LogP contribution in [0.4, 0.5) is 15.8 Å². The number of fused-ring (bicyclic) bond motifs is 1. The summed E-state index contributed by atoms with van der Waals surface area (Å²) in [5.41, 5.74) is 0.335. The summed E-state index contributed by atoms with van der Waals surface area (Å²) in [4.78, 5) is 10.2. The predicted molar refractivity (Wildman–Crippen MR) is 72.9 cm³/mol. The average molecular weight is 290 g/mol. The molecule has 0 radical (unpaired) electrons. The van der Waals surface area contributed by atoms with Gasteiger partial charge in [0.25, 0.3) is 0 Å². The lowest BCUT2D eigenvalue weighted by atomic mass is 10.1. The summed E-state index contributed by atoms with van der Waals surface area (Å²) in [5.74, 6) is 0.356. The molecule has 0 spiro atoms. The van der Waals surface area contributed by atoms with Crippen molar-refractivity contribution < 1.29 is 18.8 Å². The van der Waals surface area contributed by atoms with Gasteiger partial charge < -0.3 is 14.8 Å². The average Bonchev–Trinajstić information content (AvgIpc) is 2.93. The SMILES string of the molecule is O=[N+]([O-])c1c(F)cccc1NCc1cccc2c1OCO2. The number of anilines is 1. The number of ether oxygens (including phenoxy) is 2. The topological polar surface area (TPSA) is 73.6 Å². The largest absolute Gasteiger partial charge is 0.454 e. The second kappa shape index (κ2) is 5.28. The highest BCUT2D eigenvalue weighted by molar-refractivity contribution is 5.62. The molecule has 0 fully saturated rings. The molecule has 3 rings (SSSR count). The van der Waals surface area contributed by atoms with E-state index in [0.29, 0.717) is 11.5 Å². The van der Waals surface area contributed by atoms with Crippen molar-refractivity contribution in [2.24, 2.45) is 0 Å². The first-order chi connectivity index (χ1) is 10.2. The smallest absolute Gasteiger partial charge is 0.327 e. The molecule has 0 saturated heterocycles. The molecule has 2 aromatic rings. The molecule has 108 valence electrons. The summed E-state index contributed by atoms with van der Waals surface area (Å²) in [5, 5.41) is 13.8. The van der Waals surface area contributed by atoms with Crippen LogP contribution in [0.2, 0.25) is 0 Å². The standard InChI is InChI=1S/C14H11FN2O4/c15-10-4-2-5-11(13(10)17(18)19)16-7-9-3-1-6-12-14(9)21-8-20-12/h1-6,16H,7-8H2. The minimum Gasteiger partial charge on any atom is -0.454 e. The van der Waals surface area contributed by atoms with Crippen molar-refractivity contribution in [3.05, 3.63) is 57.9 Å². The number of nitro groups is 1. The monoisotopic (exact) mass is 290 g/mol. The van der Waals surface area contributed by atoms with Crippen LogP contribution in [-0.2, 0) is 6.54 Å². The quantitative estimate of drug-likeness (QED) is 0.692. The Balaban J connectivity index is 1.85. The van der Waals surface area contributed by atoms with Crippen molar-refractivity contribution >= 4 is 11.4 Å². The zero-order chi connectivity index (χ0) is 14.8. The number of nitrogens with one attached hydrogen (secondary N) is 1. The molecule has 0 bridgehead atoms. The summed E-state index contributed by atoms with van der Waals surface area (Å²) in [6.45, 7) is 0.406. The Kier molecular flexibility index (Phi) is 3.31. The molecule has 7 heteroatoms. The number of para-hydroxylation sites is 2. The van der Waals surface area contributed by atoms with Crippen LogP contribution in [0.25, 0.3) is 0 Å². The van der Waals surface area contributed by atoms with Gasteiger partial charge in [0.15, 0.2) is 11.5 Å². The number of hydrogen-bond donors (Lipinski definition) is 1. The van der Waals surface area contributed by atoms with Gasteiger partial charge in [-0.15, -0.1) is 0 Å². The van der Waals surface area contributed by atoms with Crippen LogP contribution in [0.1, 0.15) is 5.56 Å². The molecular weight excluding hydrogens is 279 g/mol. The van der Waals surface area contributed by atoms with Crippen LogP contribution >= 0.6 is 0 Å². The third kappa shape index (κ3) is 2.45. The van der Waals surface area contributed by atoms with E-state index in [4.69, 9.17) is 9.47 Å². The Morgan fingerprint density at radius 2 is 2.05 bits per heavy atom. The zero-order valence-electron chi connectivity index (χ0n) is 10.8. The fourth-order valence-corrected chi connectivity index (χ4v) is 2.16. The van der Waals surface area contributed by atoms with Crippen LogP contribution in [0.15, 0.2) is 36.4 Å². The molecule has 0 saturated carbocycles. The van der Waals surface area contributed by atoms with Crippen LogP contribution in [-0.4, -0.2) is 11.7 Å². The van der Waals surface area contributed by atoms with Gasteiger partial charge in [-0.25, -0.2) is 0 Å². The third-order valence-corrected chi connectivity index (χ3v) is 3.12. The molecule has 0 unspecified atom stereocenters. The van der Waals surface area contributed by atoms with E-state index >= 15 is 0 Å². The van der Waals surface area contributed by atoms with Gasteiger partial charge in [-0.1, -0.05) is 18.2 Å². The lowest BCUT2D eigenvalue weighted by Gasteiger charge is -2.09. The highest BCUT2D eigenvalue weighted by Gasteiger charge is 2.21. The molecule has 1 aliphatic rings.